The summed E-state index contributed by atoms with van der Waals surface area (Å²) in [5, 5.41) is 3.44. The Bertz CT molecular complexity index is 529. The SMILES string of the molecule is C=C/C=C\C(=C/C)CCCNCCCOc1ccc(CC=O)cc1. The van der Waals surface area contributed by atoms with E-state index in [1.807, 2.05) is 30.3 Å². The van der Waals surface area contributed by atoms with E-state index in [4.69, 9.17) is 4.74 Å². The molecule has 0 heterocycles. The quantitative estimate of drug-likeness (QED) is 0.334. The third kappa shape index (κ3) is 9.11. The maximum absolute atomic E-state index is 10.4. The average molecular weight is 327 g/mol. The second kappa shape index (κ2) is 13.3. The average Bonchev–Trinajstić information content (AvgIpc) is 2.61. The maximum atomic E-state index is 10.4. The Kier molecular flexibility index (Phi) is 11.1. The van der Waals surface area contributed by atoms with Gasteiger partial charge in [-0.1, -0.05) is 48.6 Å². The summed E-state index contributed by atoms with van der Waals surface area (Å²) in [6.07, 6.45) is 12.6. The van der Waals surface area contributed by atoms with Gasteiger partial charge >= 0.3 is 0 Å². The van der Waals surface area contributed by atoms with E-state index in [2.05, 4.69) is 31.0 Å². The summed E-state index contributed by atoms with van der Waals surface area (Å²) in [5.74, 6) is 0.858. The summed E-state index contributed by atoms with van der Waals surface area (Å²) >= 11 is 0. The largest absolute Gasteiger partial charge is 0.494 e. The highest BCUT2D eigenvalue weighted by atomic mass is 16.5. The zero-order valence-corrected chi connectivity index (χ0v) is 14.7. The van der Waals surface area contributed by atoms with E-state index in [-0.39, 0.29) is 0 Å². The minimum absolute atomic E-state index is 0.461. The van der Waals surface area contributed by atoms with Gasteiger partial charge in [-0.15, -0.1) is 0 Å². The number of hydrogen-bond acceptors (Lipinski definition) is 3. The van der Waals surface area contributed by atoms with E-state index in [1.54, 1.807) is 6.08 Å². The number of nitrogens with one attached hydrogen (secondary N) is 1. The molecule has 0 atom stereocenters. The van der Waals surface area contributed by atoms with Gasteiger partial charge in [0, 0.05) is 6.42 Å². The summed E-state index contributed by atoms with van der Waals surface area (Å²) in [5.41, 5.74) is 2.36. The van der Waals surface area contributed by atoms with Gasteiger partial charge in [0.2, 0.25) is 0 Å². The van der Waals surface area contributed by atoms with Crippen LogP contribution in [0.1, 0.15) is 31.7 Å². The molecular weight excluding hydrogens is 298 g/mol. The number of benzene rings is 1. The standard InChI is InChI=1S/C21H29NO2/c1-3-5-8-19(4-2)9-6-15-22-16-7-18-24-21-12-10-20(11-13-21)14-17-23/h3-5,8,10-13,17,22H,1,6-7,9,14-16,18H2,2H3/b8-5-,19-4+. The monoisotopic (exact) mass is 327 g/mol. The van der Waals surface area contributed by atoms with Crippen molar-refractivity contribution in [3.8, 4) is 5.75 Å². The Labute approximate surface area is 146 Å². The van der Waals surface area contributed by atoms with Gasteiger partial charge in [-0.25, -0.2) is 0 Å². The van der Waals surface area contributed by atoms with Crippen LogP contribution >= 0.6 is 0 Å². The summed E-state index contributed by atoms with van der Waals surface area (Å²) < 4.78 is 5.69. The van der Waals surface area contributed by atoms with Crippen LogP contribution in [0.2, 0.25) is 0 Å². The zero-order valence-electron chi connectivity index (χ0n) is 14.7. The molecule has 0 unspecified atom stereocenters. The Balaban J connectivity index is 2.05. The third-order valence-corrected chi connectivity index (χ3v) is 3.65. The van der Waals surface area contributed by atoms with Gasteiger partial charge in [-0.2, -0.15) is 0 Å². The van der Waals surface area contributed by atoms with E-state index in [0.717, 1.165) is 50.0 Å². The summed E-state index contributed by atoms with van der Waals surface area (Å²) in [7, 11) is 0. The molecule has 0 saturated heterocycles. The number of rotatable bonds is 13. The molecule has 1 aromatic rings. The first-order chi connectivity index (χ1) is 11.8. The van der Waals surface area contributed by atoms with E-state index >= 15 is 0 Å². The van der Waals surface area contributed by atoms with Crippen LogP contribution < -0.4 is 10.1 Å². The predicted octanol–water partition coefficient (Wildman–Crippen LogP) is 4.26. The van der Waals surface area contributed by atoms with Crippen LogP contribution in [-0.4, -0.2) is 26.0 Å². The first kappa shape index (κ1) is 19.9. The number of allylic oxidation sites excluding steroid dienone is 5. The van der Waals surface area contributed by atoms with Crippen molar-refractivity contribution in [2.45, 2.75) is 32.6 Å². The van der Waals surface area contributed by atoms with Crippen molar-refractivity contribution in [2.75, 3.05) is 19.7 Å². The highest BCUT2D eigenvalue weighted by Crippen LogP contribution is 2.12. The molecule has 0 spiro atoms. The molecule has 130 valence electrons. The molecule has 0 saturated carbocycles. The van der Waals surface area contributed by atoms with Crippen molar-refractivity contribution < 1.29 is 9.53 Å². The van der Waals surface area contributed by atoms with E-state index < -0.39 is 0 Å². The van der Waals surface area contributed by atoms with E-state index in [0.29, 0.717) is 13.0 Å². The van der Waals surface area contributed by atoms with Crippen molar-refractivity contribution in [3.63, 3.8) is 0 Å². The number of carbonyl (C=O) groups excluding carboxylic acids is 1. The van der Waals surface area contributed by atoms with E-state index in [1.165, 1.54) is 5.57 Å². The minimum atomic E-state index is 0.461. The second-order valence-electron chi connectivity index (χ2n) is 5.53. The molecule has 24 heavy (non-hydrogen) atoms. The molecular formula is C21H29NO2. The fourth-order valence-corrected chi connectivity index (χ4v) is 2.26. The smallest absolute Gasteiger partial charge is 0.124 e. The van der Waals surface area contributed by atoms with Crippen LogP contribution in [0.3, 0.4) is 0 Å². The fraction of sp³-hybridized carbons (Fsp3) is 0.381. The van der Waals surface area contributed by atoms with Crippen LogP contribution in [-0.2, 0) is 11.2 Å². The fourth-order valence-electron chi connectivity index (χ4n) is 2.26. The molecule has 0 aromatic heterocycles. The molecule has 0 aliphatic heterocycles. The zero-order chi connectivity index (χ0) is 17.5. The molecule has 3 nitrogen and oxygen atoms in total. The Morgan fingerprint density at radius 1 is 1.21 bits per heavy atom. The Hall–Kier alpha value is -2.13. The summed E-state index contributed by atoms with van der Waals surface area (Å²) in [4.78, 5) is 10.4. The third-order valence-electron chi connectivity index (χ3n) is 3.65. The molecule has 0 bridgehead atoms. The second-order valence-corrected chi connectivity index (χ2v) is 5.53. The van der Waals surface area contributed by atoms with Gasteiger partial charge in [0.05, 0.1) is 6.61 Å². The first-order valence-electron chi connectivity index (χ1n) is 8.60. The lowest BCUT2D eigenvalue weighted by molar-refractivity contribution is -0.107. The molecule has 3 heteroatoms. The van der Waals surface area contributed by atoms with Gasteiger partial charge in [0.15, 0.2) is 0 Å². The molecule has 0 radical (unpaired) electrons. The van der Waals surface area contributed by atoms with Crippen molar-refractivity contribution in [3.05, 3.63) is 66.3 Å². The van der Waals surface area contributed by atoms with Crippen LogP contribution in [0.25, 0.3) is 0 Å². The summed E-state index contributed by atoms with van der Waals surface area (Å²) in [6, 6.07) is 7.70. The normalized spacial score (nSPS) is 11.6. The highest BCUT2D eigenvalue weighted by molar-refractivity contribution is 5.55. The van der Waals surface area contributed by atoms with Gasteiger partial charge < -0.3 is 14.8 Å². The van der Waals surface area contributed by atoms with Crippen LogP contribution in [0.15, 0.2) is 60.7 Å². The molecule has 0 amide bonds. The first-order valence-corrected chi connectivity index (χ1v) is 8.60. The van der Waals surface area contributed by atoms with E-state index in [9.17, 15) is 4.79 Å². The lowest BCUT2D eigenvalue weighted by Crippen LogP contribution is -2.18. The highest BCUT2D eigenvalue weighted by Gasteiger charge is 1.96. The van der Waals surface area contributed by atoms with Gasteiger partial charge in [-0.05, 0) is 57.0 Å². The Morgan fingerprint density at radius 2 is 1.96 bits per heavy atom. The maximum Gasteiger partial charge on any atom is 0.124 e. The predicted molar refractivity (Wildman–Crippen MR) is 102 cm³/mol. The lowest BCUT2D eigenvalue weighted by atomic mass is 10.1. The number of aldehydes is 1. The number of hydrogen-bond donors (Lipinski definition) is 1. The van der Waals surface area contributed by atoms with Crippen LogP contribution in [0.5, 0.6) is 5.75 Å². The molecule has 0 aliphatic carbocycles. The molecule has 1 N–H and O–H groups in total. The van der Waals surface area contributed by atoms with Gasteiger partial charge in [0.1, 0.15) is 12.0 Å². The molecule has 1 rings (SSSR count). The molecule has 1 aromatic carbocycles. The molecule has 0 fully saturated rings. The van der Waals surface area contributed by atoms with Gasteiger partial charge in [-0.3, -0.25) is 0 Å². The Morgan fingerprint density at radius 3 is 2.62 bits per heavy atom. The van der Waals surface area contributed by atoms with Gasteiger partial charge in [0.25, 0.3) is 0 Å². The van der Waals surface area contributed by atoms with Crippen molar-refractivity contribution in [1.29, 1.82) is 0 Å². The lowest BCUT2D eigenvalue weighted by Gasteiger charge is -2.08. The topological polar surface area (TPSA) is 38.3 Å². The van der Waals surface area contributed by atoms with Crippen molar-refractivity contribution >= 4 is 6.29 Å². The van der Waals surface area contributed by atoms with Crippen LogP contribution in [0, 0.1) is 0 Å². The van der Waals surface area contributed by atoms with Crippen molar-refractivity contribution in [1.82, 2.24) is 5.32 Å². The van der Waals surface area contributed by atoms with Crippen molar-refractivity contribution in [2.24, 2.45) is 0 Å². The van der Waals surface area contributed by atoms with Crippen LogP contribution in [0.4, 0.5) is 0 Å². The minimum Gasteiger partial charge on any atom is -0.494 e. The number of ether oxygens (including phenoxy) is 1. The summed E-state index contributed by atoms with van der Waals surface area (Å²) in [6.45, 7) is 8.42. The number of carbonyl (C=O) groups is 1. The molecule has 0 aliphatic rings.